The molecule has 0 amide bonds. The van der Waals surface area contributed by atoms with E-state index in [9.17, 15) is 4.79 Å². The first-order valence-corrected chi connectivity index (χ1v) is 6.95. The van der Waals surface area contributed by atoms with Crippen molar-refractivity contribution in [3.8, 4) is 0 Å². The van der Waals surface area contributed by atoms with E-state index in [0.29, 0.717) is 6.42 Å². The zero-order chi connectivity index (χ0) is 11.5. The highest BCUT2D eigenvalue weighted by Gasteiger charge is 2.12. The Morgan fingerprint density at radius 2 is 2.12 bits per heavy atom. The van der Waals surface area contributed by atoms with Crippen molar-refractivity contribution >= 4 is 39.7 Å². The SMILES string of the molecule is Cc1cccc(C(=O)Cc2cccs2)c1I. The normalized spacial score (nSPS) is 10.4. The van der Waals surface area contributed by atoms with E-state index in [1.165, 1.54) is 0 Å². The number of carbonyl (C=O) groups is 1. The van der Waals surface area contributed by atoms with E-state index in [0.717, 1.165) is 19.6 Å². The molecule has 1 heterocycles. The molecule has 2 rings (SSSR count). The molecule has 0 fully saturated rings. The van der Waals surface area contributed by atoms with E-state index in [2.05, 4.69) is 22.6 Å². The van der Waals surface area contributed by atoms with E-state index >= 15 is 0 Å². The minimum atomic E-state index is 0.204. The summed E-state index contributed by atoms with van der Waals surface area (Å²) in [4.78, 5) is 13.2. The average molecular weight is 342 g/mol. The zero-order valence-electron chi connectivity index (χ0n) is 8.87. The lowest BCUT2D eigenvalue weighted by Gasteiger charge is -2.05. The monoisotopic (exact) mass is 342 g/mol. The summed E-state index contributed by atoms with van der Waals surface area (Å²) < 4.78 is 1.07. The largest absolute Gasteiger partial charge is 0.294 e. The van der Waals surface area contributed by atoms with E-state index in [4.69, 9.17) is 0 Å². The van der Waals surface area contributed by atoms with Crippen LogP contribution < -0.4 is 0 Å². The molecule has 0 atom stereocenters. The predicted molar refractivity (Wildman–Crippen MR) is 76.2 cm³/mol. The molecular weight excluding hydrogens is 331 g/mol. The van der Waals surface area contributed by atoms with Crippen molar-refractivity contribution in [2.75, 3.05) is 0 Å². The van der Waals surface area contributed by atoms with Gasteiger partial charge in [0.25, 0.3) is 0 Å². The molecule has 0 bridgehead atoms. The summed E-state index contributed by atoms with van der Waals surface area (Å²) in [6.45, 7) is 2.03. The highest BCUT2D eigenvalue weighted by molar-refractivity contribution is 14.1. The lowest BCUT2D eigenvalue weighted by atomic mass is 10.1. The first kappa shape index (κ1) is 11.8. The van der Waals surface area contributed by atoms with Gasteiger partial charge in [0.15, 0.2) is 5.78 Å². The van der Waals surface area contributed by atoms with Crippen LogP contribution in [0.15, 0.2) is 35.7 Å². The lowest BCUT2D eigenvalue weighted by Crippen LogP contribution is -2.05. The molecule has 0 unspecified atom stereocenters. The topological polar surface area (TPSA) is 17.1 Å². The van der Waals surface area contributed by atoms with Crippen molar-refractivity contribution in [3.05, 3.63) is 55.3 Å². The number of rotatable bonds is 3. The minimum Gasteiger partial charge on any atom is -0.294 e. The predicted octanol–water partition coefficient (Wildman–Crippen LogP) is 4.09. The van der Waals surface area contributed by atoms with Gasteiger partial charge in [-0.3, -0.25) is 4.79 Å². The fraction of sp³-hybridized carbons (Fsp3) is 0.154. The van der Waals surface area contributed by atoms with E-state index in [1.807, 2.05) is 42.6 Å². The Labute approximate surface area is 113 Å². The summed E-state index contributed by atoms with van der Waals surface area (Å²) in [5.74, 6) is 0.204. The number of hydrogen-bond acceptors (Lipinski definition) is 2. The molecule has 0 radical (unpaired) electrons. The van der Waals surface area contributed by atoms with Gasteiger partial charge >= 0.3 is 0 Å². The van der Waals surface area contributed by atoms with Crippen molar-refractivity contribution in [3.63, 3.8) is 0 Å². The maximum Gasteiger partial charge on any atom is 0.169 e. The van der Waals surface area contributed by atoms with Crippen molar-refractivity contribution in [1.82, 2.24) is 0 Å². The van der Waals surface area contributed by atoms with Gasteiger partial charge in [-0.15, -0.1) is 11.3 Å². The van der Waals surface area contributed by atoms with Gasteiger partial charge in [0, 0.05) is 20.4 Å². The van der Waals surface area contributed by atoms with E-state index < -0.39 is 0 Å². The third kappa shape index (κ3) is 2.52. The van der Waals surface area contributed by atoms with Gasteiger partial charge in [0.1, 0.15) is 0 Å². The molecule has 1 aromatic heterocycles. The number of thiophene rings is 1. The fourth-order valence-corrected chi connectivity index (χ4v) is 2.89. The van der Waals surface area contributed by atoms with Gasteiger partial charge in [-0.2, -0.15) is 0 Å². The van der Waals surface area contributed by atoms with Crippen LogP contribution in [0.25, 0.3) is 0 Å². The summed E-state index contributed by atoms with van der Waals surface area (Å²) in [6, 6.07) is 9.87. The number of Topliss-reactive ketones (excluding diaryl/α,β-unsaturated/α-hetero) is 1. The second-order valence-electron chi connectivity index (χ2n) is 3.62. The molecule has 0 aliphatic rings. The van der Waals surface area contributed by atoms with E-state index in [1.54, 1.807) is 11.3 Å². The maximum atomic E-state index is 12.1. The van der Waals surface area contributed by atoms with Crippen LogP contribution in [-0.4, -0.2) is 5.78 Å². The summed E-state index contributed by atoms with van der Waals surface area (Å²) in [7, 11) is 0. The van der Waals surface area contributed by atoms with Crippen LogP contribution in [0.1, 0.15) is 20.8 Å². The minimum absolute atomic E-state index is 0.204. The molecule has 82 valence electrons. The molecule has 0 aliphatic heterocycles. The smallest absolute Gasteiger partial charge is 0.169 e. The molecule has 0 N–H and O–H groups in total. The molecule has 3 heteroatoms. The number of benzene rings is 1. The van der Waals surface area contributed by atoms with Gasteiger partial charge in [0.2, 0.25) is 0 Å². The van der Waals surface area contributed by atoms with Crippen LogP contribution in [0, 0.1) is 10.5 Å². The zero-order valence-corrected chi connectivity index (χ0v) is 11.8. The maximum absolute atomic E-state index is 12.1. The van der Waals surface area contributed by atoms with Gasteiger partial charge in [-0.05, 0) is 46.5 Å². The lowest BCUT2D eigenvalue weighted by molar-refractivity contribution is 0.0993. The highest BCUT2D eigenvalue weighted by atomic mass is 127. The van der Waals surface area contributed by atoms with Crippen molar-refractivity contribution in [2.45, 2.75) is 13.3 Å². The van der Waals surface area contributed by atoms with Gasteiger partial charge < -0.3 is 0 Å². The molecule has 0 aliphatic carbocycles. The van der Waals surface area contributed by atoms with Crippen LogP contribution in [0.3, 0.4) is 0 Å². The Morgan fingerprint density at radius 3 is 2.81 bits per heavy atom. The van der Waals surface area contributed by atoms with Crippen molar-refractivity contribution in [1.29, 1.82) is 0 Å². The second-order valence-corrected chi connectivity index (χ2v) is 5.73. The molecule has 16 heavy (non-hydrogen) atoms. The van der Waals surface area contributed by atoms with E-state index in [-0.39, 0.29) is 5.78 Å². The first-order valence-electron chi connectivity index (χ1n) is 4.99. The molecule has 0 spiro atoms. The molecule has 1 nitrogen and oxygen atoms in total. The van der Waals surface area contributed by atoms with Gasteiger partial charge in [0.05, 0.1) is 0 Å². The van der Waals surface area contributed by atoms with Crippen LogP contribution in [0.5, 0.6) is 0 Å². The molecule has 0 saturated heterocycles. The number of ketones is 1. The quantitative estimate of drug-likeness (QED) is 0.607. The first-order chi connectivity index (χ1) is 7.68. The molecule has 0 saturated carbocycles. The summed E-state index contributed by atoms with van der Waals surface area (Å²) in [5.41, 5.74) is 2.01. The van der Waals surface area contributed by atoms with Gasteiger partial charge in [-0.25, -0.2) is 0 Å². The second kappa shape index (κ2) is 5.10. The van der Waals surface area contributed by atoms with Crippen molar-refractivity contribution < 1.29 is 4.79 Å². The summed E-state index contributed by atoms with van der Waals surface area (Å²) in [5, 5.41) is 2.00. The Bertz CT molecular complexity index is 503. The molecular formula is C13H11IOS. The van der Waals surface area contributed by atoms with Crippen LogP contribution in [-0.2, 0) is 6.42 Å². The fourth-order valence-electron chi connectivity index (χ4n) is 1.53. The average Bonchev–Trinajstić information content (AvgIpc) is 2.74. The van der Waals surface area contributed by atoms with Crippen LogP contribution >= 0.6 is 33.9 Å². The van der Waals surface area contributed by atoms with Crippen LogP contribution in [0.4, 0.5) is 0 Å². The highest BCUT2D eigenvalue weighted by Crippen LogP contribution is 2.19. The van der Waals surface area contributed by atoms with Crippen LogP contribution in [0.2, 0.25) is 0 Å². The summed E-state index contributed by atoms with van der Waals surface area (Å²) >= 11 is 3.88. The van der Waals surface area contributed by atoms with Crippen molar-refractivity contribution in [2.24, 2.45) is 0 Å². The standard InChI is InChI=1S/C13H11IOS/c1-9-4-2-6-11(13(9)14)12(15)8-10-5-3-7-16-10/h2-7H,8H2,1H3. The molecule has 1 aromatic carbocycles. The molecule has 2 aromatic rings. The number of aryl methyl sites for hydroxylation is 1. The van der Waals surface area contributed by atoms with Gasteiger partial charge in [-0.1, -0.05) is 24.3 Å². The summed E-state index contributed by atoms with van der Waals surface area (Å²) in [6.07, 6.45) is 0.511. The Hall–Kier alpha value is -0.680. The number of halogens is 1. The third-order valence-electron chi connectivity index (χ3n) is 2.41. The Balaban J connectivity index is 2.24. The number of hydrogen-bond donors (Lipinski definition) is 0. The number of carbonyl (C=O) groups excluding carboxylic acids is 1. The Kier molecular flexibility index (Phi) is 3.76. The third-order valence-corrected chi connectivity index (χ3v) is 4.72. The Morgan fingerprint density at radius 1 is 1.31 bits per heavy atom.